The van der Waals surface area contributed by atoms with Crippen molar-refractivity contribution in [2.45, 2.75) is 19.3 Å². The minimum absolute atomic E-state index is 0.0433. The molecule has 0 spiro atoms. The molecular formula is C20H21ClFN3O4S. The van der Waals surface area contributed by atoms with Crippen LogP contribution in [0, 0.1) is 5.82 Å². The molecule has 1 fully saturated rings. The molecule has 2 aromatic rings. The summed E-state index contributed by atoms with van der Waals surface area (Å²) < 4.78 is 44.5. The summed E-state index contributed by atoms with van der Waals surface area (Å²) in [5.74, 6) is -0.815. The summed E-state index contributed by atoms with van der Waals surface area (Å²) in [4.78, 5) is 18.2. The largest absolute Gasteiger partial charge is 0.324 e. The van der Waals surface area contributed by atoms with Gasteiger partial charge in [-0.05, 0) is 37.1 Å². The monoisotopic (exact) mass is 453 g/mol. The van der Waals surface area contributed by atoms with Gasteiger partial charge in [0.25, 0.3) is 10.1 Å². The van der Waals surface area contributed by atoms with E-state index in [0.717, 1.165) is 5.57 Å². The zero-order chi connectivity index (χ0) is 21.7. The zero-order valence-corrected chi connectivity index (χ0v) is 17.6. The number of nitrogens with zero attached hydrogens (tertiary/aromatic N) is 2. The summed E-state index contributed by atoms with van der Waals surface area (Å²) in [6.07, 6.45) is 4.57. The highest BCUT2D eigenvalue weighted by Crippen LogP contribution is 2.23. The first-order valence-electron chi connectivity index (χ1n) is 9.30. The number of nitrogens with one attached hydrogen (secondary N) is 1. The number of carbonyl (C=O) groups is 1. The Labute approximate surface area is 179 Å². The van der Waals surface area contributed by atoms with Gasteiger partial charge in [0, 0.05) is 47.7 Å². The standard InChI is InChI=1S/C20H21ClFN3O4S/c21-16-2-1-15(19(22)12-16)11-14-4-8-25(9-5-14)20(26)24-18-3-7-23-17(13-18)6-10-30(27,28)29/h1-3,7,11-13H,4-6,8-10H2,(H,23,24,26)(H,27,28,29). The second-order valence-corrected chi connectivity index (χ2v) is 8.97. The Morgan fingerprint density at radius 3 is 2.67 bits per heavy atom. The summed E-state index contributed by atoms with van der Waals surface area (Å²) in [6, 6.07) is 7.44. The third kappa shape index (κ3) is 6.51. The fraction of sp³-hybridized carbons (Fsp3) is 0.300. The molecule has 0 radical (unpaired) electrons. The lowest BCUT2D eigenvalue weighted by molar-refractivity contribution is 0.208. The third-order valence-corrected chi connectivity index (χ3v) is 5.65. The van der Waals surface area contributed by atoms with Crippen LogP contribution in [-0.4, -0.2) is 47.7 Å². The van der Waals surface area contributed by atoms with Gasteiger partial charge in [-0.25, -0.2) is 9.18 Å². The van der Waals surface area contributed by atoms with Gasteiger partial charge in [0.2, 0.25) is 0 Å². The van der Waals surface area contributed by atoms with Crippen LogP contribution in [0.2, 0.25) is 5.02 Å². The molecule has 10 heteroatoms. The minimum Gasteiger partial charge on any atom is -0.324 e. The number of aromatic nitrogens is 1. The van der Waals surface area contributed by atoms with E-state index in [9.17, 15) is 17.6 Å². The molecule has 0 atom stereocenters. The summed E-state index contributed by atoms with van der Waals surface area (Å²) in [7, 11) is -4.08. The van der Waals surface area contributed by atoms with Crippen molar-refractivity contribution in [1.82, 2.24) is 9.88 Å². The molecule has 0 saturated carbocycles. The fourth-order valence-corrected chi connectivity index (χ4v) is 3.73. The number of carbonyl (C=O) groups excluding carboxylic acids is 1. The Balaban J connectivity index is 1.56. The maximum atomic E-state index is 13.9. The molecule has 30 heavy (non-hydrogen) atoms. The van der Waals surface area contributed by atoms with E-state index in [2.05, 4.69) is 10.3 Å². The van der Waals surface area contributed by atoms with Gasteiger partial charge in [0.05, 0.1) is 5.75 Å². The number of benzene rings is 1. The van der Waals surface area contributed by atoms with Crippen LogP contribution in [0.4, 0.5) is 14.9 Å². The number of likely N-dealkylation sites (tertiary alicyclic amines) is 1. The first kappa shape index (κ1) is 22.2. The summed E-state index contributed by atoms with van der Waals surface area (Å²) in [5.41, 5.74) is 2.46. The highest BCUT2D eigenvalue weighted by atomic mass is 35.5. The van der Waals surface area contributed by atoms with E-state index >= 15 is 0 Å². The second-order valence-electron chi connectivity index (χ2n) is 6.96. The van der Waals surface area contributed by atoms with Crippen LogP contribution in [0.5, 0.6) is 0 Å². The molecule has 1 aliphatic rings. The molecule has 1 aromatic heterocycles. The quantitative estimate of drug-likeness (QED) is 0.666. The molecule has 1 aromatic carbocycles. The van der Waals surface area contributed by atoms with Crippen molar-refractivity contribution in [3.63, 3.8) is 0 Å². The molecule has 7 nitrogen and oxygen atoms in total. The number of aryl methyl sites for hydroxylation is 1. The van der Waals surface area contributed by atoms with Crippen molar-refractivity contribution in [3.05, 3.63) is 64.2 Å². The lowest BCUT2D eigenvalue weighted by Gasteiger charge is -2.28. The molecule has 1 aliphatic heterocycles. The average molecular weight is 454 g/mol. The van der Waals surface area contributed by atoms with E-state index in [4.69, 9.17) is 16.2 Å². The van der Waals surface area contributed by atoms with Gasteiger partial charge < -0.3 is 10.2 Å². The van der Waals surface area contributed by atoms with Crippen LogP contribution in [0.15, 0.2) is 42.1 Å². The van der Waals surface area contributed by atoms with Gasteiger partial charge in [-0.2, -0.15) is 8.42 Å². The van der Waals surface area contributed by atoms with E-state index in [1.54, 1.807) is 35.2 Å². The summed E-state index contributed by atoms with van der Waals surface area (Å²) in [6.45, 7) is 0.987. The van der Waals surface area contributed by atoms with Crippen molar-refractivity contribution < 1.29 is 22.2 Å². The lowest BCUT2D eigenvalue weighted by Crippen LogP contribution is -2.39. The van der Waals surface area contributed by atoms with Crippen molar-refractivity contribution >= 4 is 39.5 Å². The molecule has 2 heterocycles. The van der Waals surface area contributed by atoms with Gasteiger partial charge in [-0.1, -0.05) is 29.3 Å². The van der Waals surface area contributed by atoms with Crippen LogP contribution in [0.25, 0.3) is 6.08 Å². The van der Waals surface area contributed by atoms with Crippen molar-refractivity contribution in [1.29, 1.82) is 0 Å². The lowest BCUT2D eigenvalue weighted by atomic mass is 10.0. The number of amides is 2. The number of urea groups is 1. The molecule has 160 valence electrons. The first-order valence-corrected chi connectivity index (χ1v) is 11.3. The van der Waals surface area contributed by atoms with E-state index in [1.807, 2.05) is 0 Å². The van der Waals surface area contributed by atoms with Gasteiger partial charge in [0.15, 0.2) is 0 Å². The maximum absolute atomic E-state index is 13.9. The predicted octanol–water partition coefficient (Wildman–Crippen LogP) is 4.02. The summed E-state index contributed by atoms with van der Waals surface area (Å²) >= 11 is 5.77. The Hall–Kier alpha value is -2.49. The Morgan fingerprint density at radius 1 is 1.27 bits per heavy atom. The minimum atomic E-state index is -4.08. The molecule has 0 unspecified atom stereocenters. The van der Waals surface area contributed by atoms with Crippen LogP contribution in [-0.2, 0) is 16.5 Å². The fourth-order valence-electron chi connectivity index (χ4n) is 3.11. The first-order chi connectivity index (χ1) is 14.2. The van der Waals surface area contributed by atoms with Crippen molar-refractivity contribution in [2.75, 3.05) is 24.2 Å². The molecule has 3 rings (SSSR count). The molecule has 0 bridgehead atoms. The van der Waals surface area contributed by atoms with E-state index in [0.29, 0.717) is 47.9 Å². The van der Waals surface area contributed by atoms with E-state index < -0.39 is 15.9 Å². The van der Waals surface area contributed by atoms with Crippen molar-refractivity contribution in [3.8, 4) is 0 Å². The normalized spacial score (nSPS) is 14.5. The van der Waals surface area contributed by atoms with Crippen LogP contribution in [0.1, 0.15) is 24.1 Å². The Bertz CT molecular complexity index is 1070. The van der Waals surface area contributed by atoms with E-state index in [1.165, 1.54) is 12.3 Å². The zero-order valence-electron chi connectivity index (χ0n) is 16.0. The maximum Gasteiger partial charge on any atom is 0.321 e. The number of piperidine rings is 1. The molecule has 2 amide bonds. The number of hydrogen-bond donors (Lipinski definition) is 2. The highest BCUT2D eigenvalue weighted by molar-refractivity contribution is 7.85. The van der Waals surface area contributed by atoms with Crippen LogP contribution < -0.4 is 5.32 Å². The van der Waals surface area contributed by atoms with Crippen molar-refractivity contribution in [2.24, 2.45) is 0 Å². The van der Waals surface area contributed by atoms with Crippen LogP contribution >= 0.6 is 11.6 Å². The van der Waals surface area contributed by atoms with Gasteiger partial charge in [-0.15, -0.1) is 0 Å². The molecule has 0 aliphatic carbocycles. The second kappa shape index (κ2) is 9.55. The number of hydrogen-bond acceptors (Lipinski definition) is 4. The Kier molecular flexibility index (Phi) is 7.06. The third-order valence-electron chi connectivity index (χ3n) is 4.70. The average Bonchev–Trinajstić information content (AvgIpc) is 2.69. The number of halogens is 2. The van der Waals surface area contributed by atoms with Crippen LogP contribution in [0.3, 0.4) is 0 Å². The van der Waals surface area contributed by atoms with Gasteiger partial charge in [-0.3, -0.25) is 9.54 Å². The highest BCUT2D eigenvalue weighted by Gasteiger charge is 2.19. The SMILES string of the molecule is O=C(Nc1ccnc(CCS(=O)(=O)O)c1)N1CCC(=Cc2ccc(Cl)cc2F)CC1. The summed E-state index contributed by atoms with van der Waals surface area (Å²) in [5, 5.41) is 3.12. The molecule has 1 saturated heterocycles. The van der Waals surface area contributed by atoms with E-state index in [-0.39, 0.29) is 18.3 Å². The number of anilines is 1. The molecular weight excluding hydrogens is 433 g/mol. The van der Waals surface area contributed by atoms with Gasteiger partial charge >= 0.3 is 6.03 Å². The van der Waals surface area contributed by atoms with Gasteiger partial charge in [0.1, 0.15) is 5.82 Å². The Morgan fingerprint density at radius 2 is 2.00 bits per heavy atom. The smallest absolute Gasteiger partial charge is 0.321 e. The topological polar surface area (TPSA) is 99.6 Å². The number of rotatable bonds is 5. The number of pyridine rings is 1. The molecule has 2 N–H and O–H groups in total. The predicted molar refractivity (Wildman–Crippen MR) is 114 cm³/mol.